The van der Waals surface area contributed by atoms with E-state index in [0.717, 1.165) is 10.1 Å². The van der Waals surface area contributed by atoms with Gasteiger partial charge in [0.2, 0.25) is 5.91 Å². The van der Waals surface area contributed by atoms with Crippen LogP contribution < -0.4 is 11.1 Å². The number of carbonyl (C=O) groups is 1. The van der Waals surface area contributed by atoms with Gasteiger partial charge in [-0.2, -0.15) is 0 Å². The van der Waals surface area contributed by atoms with Gasteiger partial charge >= 0.3 is 0 Å². The van der Waals surface area contributed by atoms with Gasteiger partial charge in [-0.3, -0.25) is 4.79 Å². The summed E-state index contributed by atoms with van der Waals surface area (Å²) in [6.45, 7) is 9.63. The van der Waals surface area contributed by atoms with Crippen LogP contribution in [0.5, 0.6) is 0 Å². The normalized spacial score (nSPS) is 14.3. The third kappa shape index (κ3) is 9.49. The van der Waals surface area contributed by atoms with Crippen LogP contribution in [0.25, 0.3) is 0 Å². The molecule has 0 rings (SSSR count). The Balaban J connectivity index is 4.23. The van der Waals surface area contributed by atoms with Gasteiger partial charge < -0.3 is 16.2 Å². The van der Waals surface area contributed by atoms with Crippen molar-refractivity contribution in [1.29, 1.82) is 0 Å². The average molecular weight is 341 g/mol. The Morgan fingerprint density at radius 2 is 2.15 bits per heavy atom. The van der Waals surface area contributed by atoms with Gasteiger partial charge in [-0.1, -0.05) is 52.9 Å². The molecule has 0 aliphatic carbocycles. The number of aliphatic hydroxyl groups excluding tert-OH is 1. The van der Waals surface area contributed by atoms with Crippen molar-refractivity contribution in [3.63, 3.8) is 0 Å². The lowest BCUT2D eigenvalue weighted by Gasteiger charge is -2.08. The lowest BCUT2D eigenvalue weighted by Crippen LogP contribution is -2.30. The van der Waals surface area contributed by atoms with Gasteiger partial charge in [0, 0.05) is 23.1 Å². The maximum absolute atomic E-state index is 10.7. The quantitative estimate of drug-likeness (QED) is 0.443. The fraction of sp³-hybridized carbons (Fsp3) is 0.267. The molecule has 4 nitrogen and oxygen atoms in total. The second-order valence-corrected chi connectivity index (χ2v) is 5.11. The zero-order valence-electron chi connectivity index (χ0n) is 11.6. The Morgan fingerprint density at radius 1 is 1.50 bits per heavy atom. The molecule has 5 heteroatoms. The third-order valence-corrected chi connectivity index (χ3v) is 2.81. The molecule has 0 aliphatic rings. The lowest BCUT2D eigenvalue weighted by molar-refractivity contribution is -0.114. The fourth-order valence-corrected chi connectivity index (χ4v) is 1.65. The summed E-state index contributed by atoms with van der Waals surface area (Å²) in [7, 11) is 0. The second-order valence-electron chi connectivity index (χ2n) is 4.20. The molecule has 1 unspecified atom stereocenters. The summed E-state index contributed by atoms with van der Waals surface area (Å²) < 4.78 is 0.761. The monoisotopic (exact) mass is 340 g/mol. The molecule has 110 valence electrons. The molecule has 0 saturated heterocycles. The Labute approximate surface area is 128 Å². The summed E-state index contributed by atoms with van der Waals surface area (Å²) in [4.78, 5) is 10.7. The van der Waals surface area contributed by atoms with Crippen LogP contribution in [-0.2, 0) is 4.79 Å². The van der Waals surface area contributed by atoms with E-state index < -0.39 is 12.0 Å². The van der Waals surface area contributed by atoms with E-state index in [1.807, 2.05) is 25.2 Å². The molecule has 0 aliphatic heterocycles. The number of nitrogens with one attached hydrogen (secondary N) is 1. The number of nitrogens with two attached hydrogens (primary N) is 1. The molecule has 0 fully saturated rings. The molecule has 0 spiro atoms. The molecule has 0 aromatic heterocycles. The van der Waals surface area contributed by atoms with Gasteiger partial charge in [-0.05, 0) is 19.1 Å². The molecule has 4 N–H and O–H groups in total. The maximum atomic E-state index is 10.7. The van der Waals surface area contributed by atoms with E-state index >= 15 is 0 Å². The van der Waals surface area contributed by atoms with E-state index in [2.05, 4.69) is 34.4 Å². The Morgan fingerprint density at radius 3 is 2.70 bits per heavy atom. The van der Waals surface area contributed by atoms with Crippen LogP contribution in [0, 0.1) is 0 Å². The summed E-state index contributed by atoms with van der Waals surface area (Å²) >= 11 is 3.34. The predicted octanol–water partition coefficient (Wildman–Crippen LogP) is 1.95. The van der Waals surface area contributed by atoms with Crippen LogP contribution in [-0.4, -0.2) is 30.2 Å². The first-order valence-electron chi connectivity index (χ1n) is 6.08. The van der Waals surface area contributed by atoms with Crippen molar-refractivity contribution in [3.05, 3.63) is 59.2 Å². The van der Waals surface area contributed by atoms with Crippen LogP contribution in [0.3, 0.4) is 0 Å². The zero-order valence-corrected chi connectivity index (χ0v) is 13.2. The van der Waals surface area contributed by atoms with Gasteiger partial charge in [0.1, 0.15) is 0 Å². The second kappa shape index (κ2) is 10.4. The van der Waals surface area contributed by atoms with Crippen molar-refractivity contribution in [2.24, 2.45) is 5.73 Å². The van der Waals surface area contributed by atoms with Crippen molar-refractivity contribution in [3.8, 4) is 0 Å². The highest BCUT2D eigenvalue weighted by molar-refractivity contribution is 9.11. The van der Waals surface area contributed by atoms with Crippen LogP contribution in [0.1, 0.15) is 6.92 Å². The first-order chi connectivity index (χ1) is 9.36. The summed E-state index contributed by atoms with van der Waals surface area (Å²) in [6, 6.07) is 0. The number of amides is 1. The van der Waals surface area contributed by atoms with E-state index in [9.17, 15) is 9.90 Å². The van der Waals surface area contributed by atoms with Crippen LogP contribution >= 0.6 is 15.9 Å². The van der Waals surface area contributed by atoms with Crippen LogP contribution in [0.15, 0.2) is 59.2 Å². The molecule has 1 amide bonds. The highest BCUT2D eigenvalue weighted by Gasteiger charge is 2.03. The molecule has 0 aromatic carbocycles. The Kier molecular flexibility index (Phi) is 9.63. The smallest absolute Gasteiger partial charge is 0.245 e. The number of aliphatic hydroxyl groups is 1. The molecule has 0 heterocycles. The summed E-state index contributed by atoms with van der Waals surface area (Å²) in [5.74, 6) is -0.545. The molecule has 1 atom stereocenters. The molecule has 0 bridgehead atoms. The van der Waals surface area contributed by atoms with Gasteiger partial charge in [0.15, 0.2) is 0 Å². The van der Waals surface area contributed by atoms with Gasteiger partial charge in [-0.25, -0.2) is 0 Å². The SMILES string of the molecule is C=C/C=C(C)/C=C\C(Br)=C/C(O)CNCC(=C)C(N)=O. The van der Waals surface area contributed by atoms with Crippen molar-refractivity contribution in [2.75, 3.05) is 13.1 Å². The Bertz CT molecular complexity index is 451. The number of allylic oxidation sites excluding steroid dienone is 6. The average Bonchev–Trinajstić information content (AvgIpc) is 2.36. The van der Waals surface area contributed by atoms with Crippen LogP contribution in [0.2, 0.25) is 0 Å². The number of hydrogen-bond acceptors (Lipinski definition) is 3. The van der Waals surface area contributed by atoms with E-state index in [1.54, 1.807) is 12.2 Å². The van der Waals surface area contributed by atoms with Gasteiger partial charge in [-0.15, -0.1) is 0 Å². The van der Waals surface area contributed by atoms with E-state index in [4.69, 9.17) is 5.73 Å². The minimum atomic E-state index is -0.682. The number of rotatable bonds is 9. The Hall–Kier alpha value is -1.43. The van der Waals surface area contributed by atoms with Crippen molar-refractivity contribution >= 4 is 21.8 Å². The highest BCUT2D eigenvalue weighted by Crippen LogP contribution is 2.10. The maximum Gasteiger partial charge on any atom is 0.245 e. The first kappa shape index (κ1) is 18.6. The highest BCUT2D eigenvalue weighted by atomic mass is 79.9. The number of hydrogen-bond donors (Lipinski definition) is 3. The van der Waals surface area contributed by atoms with Crippen molar-refractivity contribution in [1.82, 2.24) is 5.32 Å². The number of halogens is 1. The third-order valence-electron chi connectivity index (χ3n) is 2.28. The van der Waals surface area contributed by atoms with Gasteiger partial charge in [0.05, 0.1) is 6.10 Å². The zero-order chi connectivity index (χ0) is 15.5. The standard InChI is InChI=1S/C15H21BrN2O2/c1-4-5-11(2)6-7-13(16)8-14(19)10-18-9-12(3)15(17)20/h4-8,14,18-19H,1,3,9-10H2,2H3,(H2,17,20)/b7-6-,11-5+,13-8+. The minimum Gasteiger partial charge on any atom is -0.388 e. The largest absolute Gasteiger partial charge is 0.388 e. The molecule has 0 aromatic rings. The minimum absolute atomic E-state index is 0.259. The van der Waals surface area contributed by atoms with Crippen molar-refractivity contribution in [2.45, 2.75) is 13.0 Å². The van der Waals surface area contributed by atoms with Crippen LogP contribution in [0.4, 0.5) is 0 Å². The fourth-order valence-electron chi connectivity index (χ4n) is 1.21. The van der Waals surface area contributed by atoms with E-state index in [-0.39, 0.29) is 12.1 Å². The number of carbonyl (C=O) groups excluding carboxylic acids is 1. The molecular weight excluding hydrogens is 320 g/mol. The topological polar surface area (TPSA) is 75.3 Å². The van der Waals surface area contributed by atoms with Gasteiger partial charge in [0.25, 0.3) is 0 Å². The molecule has 20 heavy (non-hydrogen) atoms. The molecule has 0 radical (unpaired) electrons. The molecule has 0 saturated carbocycles. The number of primary amides is 1. The lowest BCUT2D eigenvalue weighted by atomic mass is 10.2. The summed E-state index contributed by atoms with van der Waals surface area (Å²) in [5, 5.41) is 12.7. The van der Waals surface area contributed by atoms with E-state index in [1.165, 1.54) is 0 Å². The first-order valence-corrected chi connectivity index (χ1v) is 6.87. The van der Waals surface area contributed by atoms with Crippen molar-refractivity contribution < 1.29 is 9.90 Å². The molecular formula is C15H21BrN2O2. The van der Waals surface area contributed by atoms with E-state index in [0.29, 0.717) is 6.54 Å². The predicted molar refractivity (Wildman–Crippen MR) is 87.3 cm³/mol. The summed E-state index contributed by atoms with van der Waals surface area (Å²) in [6.07, 6.45) is 8.29. The summed E-state index contributed by atoms with van der Waals surface area (Å²) in [5.41, 5.74) is 6.38.